The molecule has 0 bridgehead atoms. The van der Waals surface area contributed by atoms with Gasteiger partial charge in [0.15, 0.2) is 0 Å². The lowest BCUT2D eigenvalue weighted by molar-refractivity contribution is -0.137. The van der Waals surface area contributed by atoms with E-state index < -0.39 is 34.8 Å². The van der Waals surface area contributed by atoms with E-state index in [-0.39, 0.29) is 21.8 Å². The second kappa shape index (κ2) is 10.8. The summed E-state index contributed by atoms with van der Waals surface area (Å²) >= 11 is 6.77. The second-order valence-corrected chi connectivity index (χ2v) is 9.12. The lowest BCUT2D eigenvalue weighted by Crippen LogP contribution is -2.24. The van der Waals surface area contributed by atoms with Crippen LogP contribution in [0.3, 0.4) is 0 Å². The fraction of sp³-hybridized carbons (Fsp3) is 0.125. The first-order valence-electron chi connectivity index (χ1n) is 10.0. The zero-order chi connectivity index (χ0) is 25.8. The van der Waals surface area contributed by atoms with Gasteiger partial charge < -0.3 is 15.7 Å². The van der Waals surface area contributed by atoms with Crippen LogP contribution in [0.15, 0.2) is 71.6 Å². The lowest BCUT2D eigenvalue weighted by Gasteiger charge is -2.17. The Bertz CT molecular complexity index is 1270. The fourth-order valence-corrected chi connectivity index (χ4v) is 4.07. The molecule has 3 aromatic rings. The van der Waals surface area contributed by atoms with Gasteiger partial charge in [0.05, 0.1) is 27.6 Å². The minimum atomic E-state index is -4.69. The average Bonchev–Trinajstić information content (AvgIpc) is 2.80. The molecule has 0 saturated carbocycles. The molecular formula is C24H18ClF3N2O4S. The Kier molecular flexibility index (Phi) is 8.08. The summed E-state index contributed by atoms with van der Waals surface area (Å²) in [6.07, 6.45) is -4.69. The lowest BCUT2D eigenvalue weighted by atomic mass is 10.1. The number of carbonyl (C=O) groups excluding carboxylic acids is 2. The van der Waals surface area contributed by atoms with E-state index in [1.807, 2.05) is 0 Å². The number of benzene rings is 3. The summed E-state index contributed by atoms with van der Waals surface area (Å²) in [4.78, 5) is 36.9. The standard InChI is InChI=1S/C24H18ClF3N2O4S/c1-13(21(31)30-20-11-6-14(25)12-19(20)24(26,27)28)35-16-9-7-15(8-10-16)29-22(32)17-4-2-3-5-18(17)23(33)34/h2-13H,1H3,(H,29,32)(H,30,31)(H,33,34). The quantitative estimate of drug-likeness (QED) is 0.311. The zero-order valence-corrected chi connectivity index (χ0v) is 19.6. The SMILES string of the molecule is CC(Sc1ccc(NC(=O)c2ccccc2C(=O)O)cc1)C(=O)Nc1ccc(Cl)cc1C(F)(F)F. The monoisotopic (exact) mass is 522 g/mol. The Morgan fingerprint density at radius 1 is 0.943 bits per heavy atom. The molecule has 0 spiro atoms. The predicted molar refractivity (Wildman–Crippen MR) is 128 cm³/mol. The Morgan fingerprint density at radius 3 is 2.17 bits per heavy atom. The molecule has 0 aromatic heterocycles. The maximum Gasteiger partial charge on any atom is 0.418 e. The number of thioether (sulfide) groups is 1. The molecule has 3 N–H and O–H groups in total. The molecule has 0 fully saturated rings. The van der Waals surface area contributed by atoms with Crippen molar-refractivity contribution in [2.45, 2.75) is 23.2 Å². The van der Waals surface area contributed by atoms with Gasteiger partial charge in [0.1, 0.15) is 0 Å². The molecule has 3 aromatic carbocycles. The molecule has 6 nitrogen and oxygen atoms in total. The molecule has 182 valence electrons. The van der Waals surface area contributed by atoms with Gasteiger partial charge in [-0.25, -0.2) is 4.79 Å². The minimum absolute atomic E-state index is 0.00386. The van der Waals surface area contributed by atoms with Gasteiger partial charge in [0, 0.05) is 15.6 Å². The number of hydrogen-bond donors (Lipinski definition) is 3. The Labute approximate surface area is 207 Å². The van der Waals surface area contributed by atoms with E-state index in [0.717, 1.165) is 23.9 Å². The minimum Gasteiger partial charge on any atom is -0.478 e. The fourth-order valence-electron chi connectivity index (χ4n) is 3.03. The number of aromatic carboxylic acids is 1. The van der Waals surface area contributed by atoms with Crippen LogP contribution >= 0.6 is 23.4 Å². The van der Waals surface area contributed by atoms with Crippen LogP contribution in [0.1, 0.15) is 33.2 Å². The van der Waals surface area contributed by atoms with Crippen molar-refractivity contribution in [2.24, 2.45) is 0 Å². The summed E-state index contributed by atoms with van der Waals surface area (Å²) in [6.45, 7) is 1.54. The first kappa shape index (κ1) is 26.1. The van der Waals surface area contributed by atoms with Gasteiger partial charge in [-0.15, -0.1) is 11.8 Å². The molecule has 0 saturated heterocycles. The maximum absolute atomic E-state index is 13.3. The molecule has 0 aliphatic carbocycles. The predicted octanol–water partition coefficient (Wildman–Crippen LogP) is 6.43. The summed E-state index contributed by atoms with van der Waals surface area (Å²) in [5.41, 5.74) is -1.16. The van der Waals surface area contributed by atoms with Crippen LogP contribution in [0.2, 0.25) is 5.02 Å². The number of halogens is 4. The maximum atomic E-state index is 13.3. The van der Waals surface area contributed by atoms with Crippen LogP contribution < -0.4 is 10.6 Å². The van der Waals surface area contributed by atoms with Gasteiger partial charge in [0.2, 0.25) is 5.91 Å². The van der Waals surface area contributed by atoms with Crippen molar-refractivity contribution in [3.63, 3.8) is 0 Å². The zero-order valence-electron chi connectivity index (χ0n) is 18.0. The Hall–Kier alpha value is -3.50. The summed E-state index contributed by atoms with van der Waals surface area (Å²) in [6, 6.07) is 15.3. The molecular weight excluding hydrogens is 505 g/mol. The van der Waals surface area contributed by atoms with E-state index in [4.69, 9.17) is 11.6 Å². The highest BCUT2D eigenvalue weighted by molar-refractivity contribution is 8.00. The number of carboxylic acids is 1. The van der Waals surface area contributed by atoms with Crippen LogP contribution in [-0.2, 0) is 11.0 Å². The Morgan fingerprint density at radius 2 is 1.57 bits per heavy atom. The van der Waals surface area contributed by atoms with Crippen molar-refractivity contribution < 1.29 is 32.7 Å². The van der Waals surface area contributed by atoms with Crippen molar-refractivity contribution in [3.8, 4) is 0 Å². The van der Waals surface area contributed by atoms with Crippen molar-refractivity contribution in [1.29, 1.82) is 0 Å². The van der Waals surface area contributed by atoms with E-state index in [1.165, 1.54) is 24.3 Å². The summed E-state index contributed by atoms with van der Waals surface area (Å²) < 4.78 is 39.8. The number of hydrogen-bond acceptors (Lipinski definition) is 4. The number of rotatable bonds is 7. The van der Waals surface area contributed by atoms with E-state index in [0.29, 0.717) is 10.6 Å². The number of carbonyl (C=O) groups is 3. The molecule has 1 unspecified atom stereocenters. The van der Waals surface area contributed by atoms with Gasteiger partial charge in [0.25, 0.3) is 5.91 Å². The largest absolute Gasteiger partial charge is 0.478 e. The van der Waals surface area contributed by atoms with Crippen molar-refractivity contribution >= 4 is 52.5 Å². The van der Waals surface area contributed by atoms with E-state index in [9.17, 15) is 32.7 Å². The first-order valence-corrected chi connectivity index (χ1v) is 11.3. The highest BCUT2D eigenvalue weighted by atomic mass is 35.5. The van der Waals surface area contributed by atoms with Gasteiger partial charge in [-0.2, -0.15) is 13.2 Å². The summed E-state index contributed by atoms with van der Waals surface area (Å²) in [5, 5.41) is 13.3. The number of anilines is 2. The van der Waals surface area contributed by atoms with Gasteiger partial charge in [-0.1, -0.05) is 23.7 Å². The normalized spacial score (nSPS) is 12.0. The van der Waals surface area contributed by atoms with Crippen LogP contribution in [0.4, 0.5) is 24.5 Å². The summed E-state index contributed by atoms with van der Waals surface area (Å²) in [5.74, 6) is -2.46. The van der Waals surface area contributed by atoms with Gasteiger partial charge in [-0.3, -0.25) is 9.59 Å². The van der Waals surface area contributed by atoms with Crippen LogP contribution in [0.5, 0.6) is 0 Å². The number of nitrogens with one attached hydrogen (secondary N) is 2. The van der Waals surface area contributed by atoms with Crippen molar-refractivity contribution in [2.75, 3.05) is 10.6 Å². The number of carboxylic acid groups (broad SMARTS) is 1. The van der Waals surface area contributed by atoms with E-state index in [2.05, 4.69) is 10.6 Å². The molecule has 1 atom stereocenters. The van der Waals surface area contributed by atoms with Crippen molar-refractivity contribution in [3.05, 3.63) is 88.4 Å². The average molecular weight is 523 g/mol. The van der Waals surface area contributed by atoms with E-state index in [1.54, 1.807) is 37.3 Å². The molecule has 0 radical (unpaired) electrons. The smallest absolute Gasteiger partial charge is 0.418 e. The number of alkyl halides is 3. The van der Waals surface area contributed by atoms with Crippen LogP contribution in [-0.4, -0.2) is 28.1 Å². The second-order valence-electron chi connectivity index (χ2n) is 7.27. The molecule has 0 heterocycles. The topological polar surface area (TPSA) is 95.5 Å². The third-order valence-corrected chi connectivity index (χ3v) is 6.09. The summed E-state index contributed by atoms with van der Waals surface area (Å²) in [7, 11) is 0. The molecule has 3 rings (SSSR count). The van der Waals surface area contributed by atoms with Crippen molar-refractivity contribution in [1.82, 2.24) is 0 Å². The Balaban J connectivity index is 1.65. The van der Waals surface area contributed by atoms with Gasteiger partial charge >= 0.3 is 12.1 Å². The molecule has 0 aliphatic heterocycles. The molecule has 11 heteroatoms. The first-order chi connectivity index (χ1) is 16.5. The molecule has 35 heavy (non-hydrogen) atoms. The highest BCUT2D eigenvalue weighted by Gasteiger charge is 2.34. The molecule has 0 aliphatic rings. The van der Waals surface area contributed by atoms with Crippen LogP contribution in [0, 0.1) is 0 Å². The number of amides is 2. The third-order valence-electron chi connectivity index (χ3n) is 4.74. The highest BCUT2D eigenvalue weighted by Crippen LogP contribution is 2.37. The van der Waals surface area contributed by atoms with E-state index >= 15 is 0 Å². The third kappa shape index (κ3) is 6.77. The van der Waals surface area contributed by atoms with Gasteiger partial charge in [-0.05, 0) is 61.5 Å². The molecule has 2 amide bonds. The van der Waals surface area contributed by atoms with Crippen LogP contribution in [0.25, 0.3) is 0 Å².